The Morgan fingerprint density at radius 3 is 2.70 bits per heavy atom. The van der Waals surface area contributed by atoms with E-state index in [-0.39, 0.29) is 5.54 Å². The van der Waals surface area contributed by atoms with E-state index in [9.17, 15) is 0 Å². The lowest BCUT2D eigenvalue weighted by Gasteiger charge is -2.53. The smallest absolute Gasteiger partial charge is 0.141 e. The van der Waals surface area contributed by atoms with Crippen molar-refractivity contribution >= 4 is 11.0 Å². The quantitative estimate of drug-likeness (QED) is 0.639. The highest BCUT2D eigenvalue weighted by atomic mass is 15.4. The van der Waals surface area contributed by atoms with Crippen molar-refractivity contribution in [3.8, 4) is 11.3 Å². The number of hydrogen-bond acceptors (Lipinski definition) is 5. The van der Waals surface area contributed by atoms with Crippen LogP contribution < -0.4 is 5.73 Å². The summed E-state index contributed by atoms with van der Waals surface area (Å²) in [5.41, 5.74) is 8.87. The van der Waals surface area contributed by atoms with Crippen LogP contribution in [0, 0.1) is 0 Å². The Labute approximate surface area is 160 Å². The highest BCUT2D eigenvalue weighted by Crippen LogP contribution is 2.34. The molecule has 27 heavy (non-hydrogen) atoms. The van der Waals surface area contributed by atoms with Gasteiger partial charge in [0.05, 0.1) is 11.9 Å². The summed E-state index contributed by atoms with van der Waals surface area (Å²) < 4.78 is 2.06. The molecule has 1 fully saturated rings. The van der Waals surface area contributed by atoms with Gasteiger partial charge in [0, 0.05) is 49.0 Å². The number of nitrogens with one attached hydrogen (secondary N) is 1. The molecule has 4 heterocycles. The van der Waals surface area contributed by atoms with E-state index in [0.29, 0.717) is 12.6 Å². The lowest BCUT2D eigenvalue weighted by Crippen LogP contribution is -2.68. The number of nitrogens with zero attached hydrogens (tertiary/aromatic N) is 5. The fourth-order valence-electron chi connectivity index (χ4n) is 4.32. The van der Waals surface area contributed by atoms with Crippen LogP contribution in [0.25, 0.3) is 22.3 Å². The molecule has 3 aromatic rings. The van der Waals surface area contributed by atoms with Crippen LogP contribution in [-0.4, -0.2) is 55.3 Å². The summed E-state index contributed by atoms with van der Waals surface area (Å²) in [7, 11) is 0. The standard InChI is InChI=1S/C20H29N7/c1-3-5-16(6-4-2)26-12-20(11-21,13-26)27-10-15(9-25-27)18-17-7-8-22-19(17)24-14-23-18/h7-10,14,16H,3-6,11-13,21H2,1-2H3,(H,22,23,24). The van der Waals surface area contributed by atoms with Gasteiger partial charge in [0.1, 0.15) is 17.5 Å². The summed E-state index contributed by atoms with van der Waals surface area (Å²) in [5.74, 6) is 0. The third kappa shape index (κ3) is 3.15. The molecule has 1 aliphatic rings. The molecule has 0 aromatic carbocycles. The first-order chi connectivity index (χ1) is 13.2. The molecule has 3 aromatic heterocycles. The molecule has 0 atom stereocenters. The van der Waals surface area contributed by atoms with Gasteiger partial charge in [-0.2, -0.15) is 5.10 Å². The molecule has 0 bridgehead atoms. The minimum atomic E-state index is -0.109. The van der Waals surface area contributed by atoms with Gasteiger partial charge in [-0.05, 0) is 18.9 Å². The fraction of sp³-hybridized carbons (Fsp3) is 0.550. The van der Waals surface area contributed by atoms with Crippen molar-refractivity contribution in [2.24, 2.45) is 5.73 Å². The summed E-state index contributed by atoms with van der Waals surface area (Å²) >= 11 is 0. The summed E-state index contributed by atoms with van der Waals surface area (Å²) in [6.45, 7) is 7.07. The van der Waals surface area contributed by atoms with E-state index in [1.807, 2.05) is 18.5 Å². The van der Waals surface area contributed by atoms with Gasteiger partial charge in [0.25, 0.3) is 0 Å². The van der Waals surface area contributed by atoms with E-state index in [1.54, 1.807) is 6.33 Å². The Morgan fingerprint density at radius 2 is 2.00 bits per heavy atom. The first-order valence-corrected chi connectivity index (χ1v) is 9.98. The van der Waals surface area contributed by atoms with Gasteiger partial charge in [-0.1, -0.05) is 26.7 Å². The molecule has 0 aliphatic carbocycles. The van der Waals surface area contributed by atoms with Crippen LogP contribution >= 0.6 is 0 Å². The van der Waals surface area contributed by atoms with E-state index in [0.717, 1.165) is 35.4 Å². The minimum Gasteiger partial charge on any atom is -0.346 e. The maximum Gasteiger partial charge on any atom is 0.141 e. The van der Waals surface area contributed by atoms with Crippen molar-refractivity contribution in [3.05, 3.63) is 31.0 Å². The zero-order chi connectivity index (χ0) is 18.9. The summed E-state index contributed by atoms with van der Waals surface area (Å²) in [5, 5.41) is 5.69. The minimum absolute atomic E-state index is 0.109. The van der Waals surface area contributed by atoms with Gasteiger partial charge in [-0.25, -0.2) is 9.97 Å². The number of rotatable bonds is 8. The Bertz CT molecular complexity index is 885. The lowest BCUT2D eigenvalue weighted by molar-refractivity contribution is -0.0281. The Morgan fingerprint density at radius 1 is 1.22 bits per heavy atom. The second kappa shape index (κ2) is 7.40. The molecule has 7 nitrogen and oxygen atoms in total. The second-order valence-corrected chi connectivity index (χ2v) is 7.70. The average Bonchev–Trinajstić information content (AvgIpc) is 3.31. The predicted molar refractivity (Wildman–Crippen MR) is 107 cm³/mol. The predicted octanol–water partition coefficient (Wildman–Crippen LogP) is 2.76. The number of fused-ring (bicyclic) bond motifs is 1. The number of aromatic nitrogens is 5. The highest BCUT2D eigenvalue weighted by Gasteiger charge is 2.46. The van der Waals surface area contributed by atoms with Crippen molar-refractivity contribution in [2.75, 3.05) is 19.6 Å². The van der Waals surface area contributed by atoms with Crippen molar-refractivity contribution in [3.63, 3.8) is 0 Å². The van der Waals surface area contributed by atoms with Gasteiger partial charge >= 0.3 is 0 Å². The molecule has 144 valence electrons. The van der Waals surface area contributed by atoms with Crippen LogP contribution in [0.15, 0.2) is 31.0 Å². The first-order valence-electron chi connectivity index (χ1n) is 9.98. The van der Waals surface area contributed by atoms with Crippen LogP contribution in [-0.2, 0) is 5.54 Å². The molecule has 0 amide bonds. The van der Waals surface area contributed by atoms with Crippen LogP contribution in [0.2, 0.25) is 0 Å². The third-order valence-corrected chi connectivity index (χ3v) is 5.83. The summed E-state index contributed by atoms with van der Waals surface area (Å²) in [4.78, 5) is 14.5. The lowest BCUT2D eigenvalue weighted by atomic mass is 9.86. The van der Waals surface area contributed by atoms with E-state index in [2.05, 4.69) is 49.7 Å². The molecule has 0 spiro atoms. The van der Waals surface area contributed by atoms with E-state index >= 15 is 0 Å². The SMILES string of the molecule is CCCC(CCC)N1CC(CN)(n2cc(-c3ncnc4[nH]ccc34)cn2)C1. The second-order valence-electron chi connectivity index (χ2n) is 7.70. The average molecular weight is 368 g/mol. The van der Waals surface area contributed by atoms with Gasteiger partial charge in [-0.15, -0.1) is 0 Å². The van der Waals surface area contributed by atoms with E-state index in [4.69, 9.17) is 5.73 Å². The van der Waals surface area contributed by atoms with Crippen LogP contribution in [0.1, 0.15) is 39.5 Å². The number of likely N-dealkylation sites (tertiary alicyclic amines) is 1. The maximum absolute atomic E-state index is 6.21. The van der Waals surface area contributed by atoms with Gasteiger partial charge in [-0.3, -0.25) is 9.58 Å². The van der Waals surface area contributed by atoms with Crippen molar-refractivity contribution in [1.82, 2.24) is 29.6 Å². The molecular weight excluding hydrogens is 338 g/mol. The number of H-pyrrole nitrogens is 1. The highest BCUT2D eigenvalue weighted by molar-refractivity contribution is 5.89. The molecular formula is C20H29N7. The fourth-order valence-corrected chi connectivity index (χ4v) is 4.32. The van der Waals surface area contributed by atoms with Crippen molar-refractivity contribution < 1.29 is 0 Å². The molecule has 1 aliphatic heterocycles. The molecule has 1 saturated heterocycles. The zero-order valence-corrected chi connectivity index (χ0v) is 16.2. The molecule has 0 unspecified atom stereocenters. The molecule has 4 rings (SSSR count). The van der Waals surface area contributed by atoms with E-state index < -0.39 is 0 Å². The summed E-state index contributed by atoms with van der Waals surface area (Å²) in [6.07, 6.45) is 12.4. The number of aromatic amines is 1. The maximum atomic E-state index is 6.21. The van der Waals surface area contributed by atoms with Crippen molar-refractivity contribution in [2.45, 2.75) is 51.1 Å². The first kappa shape index (κ1) is 18.1. The third-order valence-electron chi connectivity index (χ3n) is 5.83. The Kier molecular flexibility index (Phi) is 4.97. The normalized spacial score (nSPS) is 16.9. The summed E-state index contributed by atoms with van der Waals surface area (Å²) in [6, 6.07) is 2.67. The van der Waals surface area contributed by atoms with Crippen LogP contribution in [0.5, 0.6) is 0 Å². The van der Waals surface area contributed by atoms with Crippen LogP contribution in [0.4, 0.5) is 0 Å². The zero-order valence-electron chi connectivity index (χ0n) is 16.2. The molecule has 0 radical (unpaired) electrons. The van der Waals surface area contributed by atoms with Crippen molar-refractivity contribution in [1.29, 1.82) is 0 Å². The molecule has 7 heteroatoms. The van der Waals surface area contributed by atoms with Gasteiger partial charge < -0.3 is 10.7 Å². The monoisotopic (exact) mass is 367 g/mol. The Hall–Kier alpha value is -2.25. The van der Waals surface area contributed by atoms with Crippen LogP contribution in [0.3, 0.4) is 0 Å². The number of hydrogen-bond donors (Lipinski definition) is 2. The largest absolute Gasteiger partial charge is 0.346 e. The molecule has 0 saturated carbocycles. The van der Waals surface area contributed by atoms with E-state index in [1.165, 1.54) is 25.7 Å². The topological polar surface area (TPSA) is 88.6 Å². The Balaban J connectivity index is 1.56. The molecule has 3 N–H and O–H groups in total. The number of nitrogens with two attached hydrogens (primary N) is 1. The van der Waals surface area contributed by atoms with Gasteiger partial charge in [0.2, 0.25) is 0 Å². The van der Waals surface area contributed by atoms with Gasteiger partial charge in [0.15, 0.2) is 0 Å².